The summed E-state index contributed by atoms with van der Waals surface area (Å²) in [6.07, 6.45) is 2.99. The zero-order valence-corrected chi connectivity index (χ0v) is 9.83. The summed E-state index contributed by atoms with van der Waals surface area (Å²) < 4.78 is 0. The van der Waals surface area contributed by atoms with Crippen LogP contribution in [0.15, 0.2) is 24.3 Å². The van der Waals surface area contributed by atoms with Crippen LogP contribution in [0.1, 0.15) is 35.2 Å². The van der Waals surface area contributed by atoms with Crippen LogP contribution in [-0.4, -0.2) is 18.9 Å². The highest BCUT2D eigenvalue weighted by Crippen LogP contribution is 2.19. The Hall–Kier alpha value is -1.15. The van der Waals surface area contributed by atoms with Gasteiger partial charge in [-0.1, -0.05) is 23.8 Å². The van der Waals surface area contributed by atoms with Crippen LogP contribution in [0.2, 0.25) is 0 Å². The van der Waals surface area contributed by atoms with E-state index in [9.17, 15) is 4.79 Å². The van der Waals surface area contributed by atoms with Gasteiger partial charge in [0.2, 0.25) is 0 Å². The molecule has 0 aliphatic carbocycles. The second-order valence-electron chi connectivity index (χ2n) is 4.69. The largest absolute Gasteiger partial charge is 0.317 e. The van der Waals surface area contributed by atoms with Crippen molar-refractivity contribution in [2.24, 2.45) is 5.92 Å². The molecule has 0 radical (unpaired) electrons. The van der Waals surface area contributed by atoms with Crippen LogP contribution in [-0.2, 0) is 0 Å². The van der Waals surface area contributed by atoms with E-state index < -0.39 is 0 Å². The van der Waals surface area contributed by atoms with E-state index in [2.05, 4.69) is 5.32 Å². The van der Waals surface area contributed by atoms with Crippen molar-refractivity contribution in [3.8, 4) is 0 Å². The molecule has 0 aromatic heterocycles. The molecular weight excluding hydrogens is 198 g/mol. The lowest BCUT2D eigenvalue weighted by Crippen LogP contribution is -2.28. The Labute approximate surface area is 97.1 Å². The summed E-state index contributed by atoms with van der Waals surface area (Å²) in [4.78, 5) is 12.0. The third-order valence-corrected chi connectivity index (χ3v) is 3.27. The van der Waals surface area contributed by atoms with Gasteiger partial charge in [0.1, 0.15) is 0 Å². The minimum absolute atomic E-state index is 0.301. The van der Waals surface area contributed by atoms with Gasteiger partial charge in [-0.25, -0.2) is 0 Å². The average molecular weight is 217 g/mol. The predicted octanol–water partition coefficient (Wildman–Crippen LogP) is 2.57. The maximum Gasteiger partial charge on any atom is 0.163 e. The number of hydrogen-bond acceptors (Lipinski definition) is 2. The number of hydrogen-bond donors (Lipinski definition) is 1. The molecule has 1 N–H and O–H groups in total. The van der Waals surface area contributed by atoms with E-state index in [1.165, 1.54) is 0 Å². The monoisotopic (exact) mass is 217 g/mol. The molecule has 0 saturated carbocycles. The van der Waals surface area contributed by atoms with E-state index in [1.54, 1.807) is 0 Å². The van der Waals surface area contributed by atoms with Gasteiger partial charge in [0.25, 0.3) is 0 Å². The van der Waals surface area contributed by atoms with E-state index in [0.29, 0.717) is 18.1 Å². The second-order valence-corrected chi connectivity index (χ2v) is 4.69. The number of aryl methyl sites for hydroxylation is 1. The fourth-order valence-electron chi connectivity index (χ4n) is 2.28. The van der Waals surface area contributed by atoms with Crippen molar-refractivity contribution in [1.82, 2.24) is 5.32 Å². The quantitative estimate of drug-likeness (QED) is 0.788. The number of ketones is 1. The standard InChI is InChI=1S/C14H19NO/c1-11-3-2-4-13(9-11)14(16)10-12-5-7-15-8-6-12/h2-4,9,12,15H,5-8,10H2,1H3. The Morgan fingerprint density at radius 1 is 1.38 bits per heavy atom. The third kappa shape index (κ3) is 2.92. The molecular formula is C14H19NO. The van der Waals surface area contributed by atoms with Gasteiger partial charge in [-0.05, 0) is 44.8 Å². The van der Waals surface area contributed by atoms with Gasteiger partial charge in [0.15, 0.2) is 5.78 Å². The van der Waals surface area contributed by atoms with Gasteiger partial charge in [-0.15, -0.1) is 0 Å². The van der Waals surface area contributed by atoms with Crippen LogP contribution in [0.25, 0.3) is 0 Å². The number of carbonyl (C=O) groups excluding carboxylic acids is 1. The highest BCUT2D eigenvalue weighted by molar-refractivity contribution is 5.96. The summed E-state index contributed by atoms with van der Waals surface area (Å²) >= 11 is 0. The fraction of sp³-hybridized carbons (Fsp3) is 0.500. The van der Waals surface area contributed by atoms with Gasteiger partial charge in [0.05, 0.1) is 0 Å². The van der Waals surface area contributed by atoms with Crippen LogP contribution in [0, 0.1) is 12.8 Å². The SMILES string of the molecule is Cc1cccc(C(=O)CC2CCNCC2)c1. The minimum atomic E-state index is 0.301. The molecule has 1 heterocycles. The molecule has 1 aromatic carbocycles. The van der Waals surface area contributed by atoms with Crippen LogP contribution < -0.4 is 5.32 Å². The molecule has 0 bridgehead atoms. The van der Waals surface area contributed by atoms with Gasteiger partial charge in [0, 0.05) is 12.0 Å². The van der Waals surface area contributed by atoms with Gasteiger partial charge in [-0.2, -0.15) is 0 Å². The Morgan fingerprint density at radius 2 is 2.12 bits per heavy atom. The molecule has 1 fully saturated rings. The smallest absolute Gasteiger partial charge is 0.163 e. The number of nitrogens with one attached hydrogen (secondary N) is 1. The predicted molar refractivity (Wildman–Crippen MR) is 65.7 cm³/mol. The van der Waals surface area contributed by atoms with E-state index >= 15 is 0 Å². The molecule has 16 heavy (non-hydrogen) atoms. The molecule has 1 saturated heterocycles. The van der Waals surface area contributed by atoms with Crippen molar-refractivity contribution in [2.75, 3.05) is 13.1 Å². The highest BCUT2D eigenvalue weighted by atomic mass is 16.1. The van der Waals surface area contributed by atoms with Crippen molar-refractivity contribution in [3.63, 3.8) is 0 Å². The Morgan fingerprint density at radius 3 is 2.81 bits per heavy atom. The summed E-state index contributed by atoms with van der Waals surface area (Å²) in [5, 5.41) is 3.33. The van der Waals surface area contributed by atoms with Gasteiger partial charge >= 0.3 is 0 Å². The van der Waals surface area contributed by atoms with Crippen molar-refractivity contribution >= 4 is 5.78 Å². The van der Waals surface area contributed by atoms with Crippen LogP contribution in [0.5, 0.6) is 0 Å². The minimum Gasteiger partial charge on any atom is -0.317 e. The summed E-state index contributed by atoms with van der Waals surface area (Å²) in [5.74, 6) is 0.880. The number of benzene rings is 1. The molecule has 1 aliphatic heterocycles. The summed E-state index contributed by atoms with van der Waals surface area (Å²) in [6.45, 7) is 4.15. The zero-order chi connectivity index (χ0) is 11.4. The number of piperidine rings is 1. The normalized spacial score (nSPS) is 17.3. The number of Topliss-reactive ketones (excluding diaryl/α,β-unsaturated/α-hetero) is 1. The Bertz CT molecular complexity index is 367. The van der Waals surface area contributed by atoms with Crippen molar-refractivity contribution in [3.05, 3.63) is 35.4 Å². The first-order valence-electron chi connectivity index (χ1n) is 6.06. The van der Waals surface area contributed by atoms with E-state index in [-0.39, 0.29) is 0 Å². The Balaban J connectivity index is 1.97. The zero-order valence-electron chi connectivity index (χ0n) is 9.83. The number of carbonyl (C=O) groups is 1. The molecule has 0 spiro atoms. The maximum absolute atomic E-state index is 12.0. The molecule has 1 aromatic rings. The highest BCUT2D eigenvalue weighted by Gasteiger charge is 2.17. The third-order valence-electron chi connectivity index (χ3n) is 3.27. The molecule has 1 aliphatic rings. The topological polar surface area (TPSA) is 29.1 Å². The summed E-state index contributed by atoms with van der Waals surface area (Å²) in [6, 6.07) is 7.91. The molecule has 0 amide bonds. The second kappa shape index (κ2) is 5.26. The summed E-state index contributed by atoms with van der Waals surface area (Å²) in [5.41, 5.74) is 2.04. The van der Waals surface area contributed by atoms with E-state index in [4.69, 9.17) is 0 Å². The molecule has 0 atom stereocenters. The first-order valence-corrected chi connectivity index (χ1v) is 6.06. The van der Waals surface area contributed by atoms with Gasteiger partial charge in [-0.3, -0.25) is 4.79 Å². The first-order chi connectivity index (χ1) is 7.75. The van der Waals surface area contributed by atoms with Crippen LogP contribution in [0.3, 0.4) is 0 Å². The van der Waals surface area contributed by atoms with Crippen molar-refractivity contribution < 1.29 is 4.79 Å². The molecule has 2 nitrogen and oxygen atoms in total. The molecule has 86 valence electrons. The van der Waals surface area contributed by atoms with E-state index in [0.717, 1.165) is 37.1 Å². The van der Waals surface area contributed by atoms with Crippen molar-refractivity contribution in [1.29, 1.82) is 0 Å². The average Bonchev–Trinajstić information content (AvgIpc) is 2.30. The first kappa shape index (κ1) is 11.3. The fourth-order valence-corrected chi connectivity index (χ4v) is 2.28. The molecule has 2 heteroatoms. The Kier molecular flexibility index (Phi) is 3.73. The lowest BCUT2D eigenvalue weighted by Gasteiger charge is -2.21. The molecule has 0 unspecified atom stereocenters. The van der Waals surface area contributed by atoms with E-state index in [1.807, 2.05) is 31.2 Å². The molecule has 2 rings (SSSR count). The van der Waals surface area contributed by atoms with Crippen LogP contribution >= 0.6 is 0 Å². The lowest BCUT2D eigenvalue weighted by molar-refractivity contribution is 0.0952. The van der Waals surface area contributed by atoms with Crippen LogP contribution in [0.4, 0.5) is 0 Å². The van der Waals surface area contributed by atoms with Crippen molar-refractivity contribution in [2.45, 2.75) is 26.2 Å². The lowest BCUT2D eigenvalue weighted by atomic mass is 9.90. The summed E-state index contributed by atoms with van der Waals surface area (Å²) in [7, 11) is 0. The number of rotatable bonds is 3. The van der Waals surface area contributed by atoms with Gasteiger partial charge < -0.3 is 5.32 Å². The maximum atomic E-state index is 12.0.